The summed E-state index contributed by atoms with van der Waals surface area (Å²) in [5.41, 5.74) is 0.893. The molecule has 40 heavy (non-hydrogen) atoms. The van der Waals surface area contributed by atoms with Gasteiger partial charge in [-0.05, 0) is 37.6 Å². The van der Waals surface area contributed by atoms with Crippen molar-refractivity contribution in [2.45, 2.75) is 30.7 Å². The maximum atomic E-state index is 13.0. The monoisotopic (exact) mass is 573 g/mol. The van der Waals surface area contributed by atoms with Crippen LogP contribution < -0.4 is 15.4 Å². The fourth-order valence-electron chi connectivity index (χ4n) is 4.14. The highest BCUT2D eigenvalue weighted by Gasteiger charge is 2.46. The summed E-state index contributed by atoms with van der Waals surface area (Å²) < 4.78 is 40.0. The minimum atomic E-state index is -3.89. The van der Waals surface area contributed by atoms with E-state index < -0.39 is 52.3 Å². The van der Waals surface area contributed by atoms with Gasteiger partial charge in [0.1, 0.15) is 11.8 Å². The van der Waals surface area contributed by atoms with E-state index in [4.69, 9.17) is 13.7 Å². The predicted molar refractivity (Wildman–Crippen MR) is 137 cm³/mol. The van der Waals surface area contributed by atoms with Gasteiger partial charge in [0, 0.05) is 13.0 Å². The first-order chi connectivity index (χ1) is 19.1. The number of hydrogen-bond donors (Lipinski definition) is 2. The van der Waals surface area contributed by atoms with Gasteiger partial charge in [-0.1, -0.05) is 23.8 Å². The zero-order valence-corrected chi connectivity index (χ0v) is 22.3. The maximum absolute atomic E-state index is 13.0. The van der Waals surface area contributed by atoms with Gasteiger partial charge in [-0.25, -0.2) is 0 Å². The highest BCUT2D eigenvalue weighted by molar-refractivity contribution is 7.86. The summed E-state index contributed by atoms with van der Waals surface area (Å²) in [6, 6.07) is 9.45. The first kappa shape index (κ1) is 28.9. The number of aryl methyl sites for hydroxylation is 1. The second-order valence-electron chi connectivity index (χ2n) is 8.97. The lowest BCUT2D eigenvalue weighted by Gasteiger charge is -2.27. The van der Waals surface area contributed by atoms with E-state index in [1.54, 1.807) is 12.1 Å². The maximum Gasteiger partial charge on any atom is 0.297 e. The lowest BCUT2D eigenvalue weighted by atomic mass is 10.0. The Labute approximate surface area is 229 Å². The summed E-state index contributed by atoms with van der Waals surface area (Å²) in [6.45, 7) is 1.33. The Morgan fingerprint density at radius 2 is 1.77 bits per heavy atom. The topological polar surface area (TPSA) is 174 Å². The molecule has 1 saturated heterocycles. The van der Waals surface area contributed by atoms with Gasteiger partial charge in [0.25, 0.3) is 27.8 Å². The molecule has 13 nitrogen and oxygen atoms in total. The molecule has 2 N–H and O–H groups in total. The van der Waals surface area contributed by atoms with Gasteiger partial charge < -0.3 is 14.8 Å². The van der Waals surface area contributed by atoms with E-state index in [0.717, 1.165) is 10.5 Å². The number of hydrogen-bond acceptors (Lipinski definition) is 10. The van der Waals surface area contributed by atoms with Crippen LogP contribution in [-0.4, -0.2) is 81.9 Å². The van der Waals surface area contributed by atoms with Crippen molar-refractivity contribution >= 4 is 39.7 Å². The molecular weight excluding hydrogens is 546 g/mol. The molecule has 0 aliphatic carbocycles. The van der Waals surface area contributed by atoms with Crippen molar-refractivity contribution in [2.75, 3.05) is 33.0 Å². The summed E-state index contributed by atoms with van der Waals surface area (Å²) >= 11 is 0. The summed E-state index contributed by atoms with van der Waals surface area (Å²) in [5.74, 6) is -3.16. The highest BCUT2D eigenvalue weighted by Crippen LogP contribution is 2.33. The van der Waals surface area contributed by atoms with Crippen molar-refractivity contribution < 1.29 is 46.0 Å². The van der Waals surface area contributed by atoms with Crippen molar-refractivity contribution in [3.63, 3.8) is 0 Å². The van der Waals surface area contributed by atoms with E-state index in [1.165, 1.54) is 30.3 Å². The summed E-state index contributed by atoms with van der Waals surface area (Å²) in [6.07, 6.45) is 0.0160. The number of benzene rings is 2. The molecule has 2 heterocycles. The number of carbonyl (C=O) groups excluding carboxylic acids is 5. The van der Waals surface area contributed by atoms with Crippen molar-refractivity contribution in [3.05, 3.63) is 59.2 Å². The average Bonchev–Trinajstić information content (AvgIpc) is 3.17. The third-order valence-electron chi connectivity index (χ3n) is 6.13. The molecule has 2 aromatic carbocycles. The number of rotatable bonds is 12. The van der Waals surface area contributed by atoms with Crippen LogP contribution in [0, 0.1) is 6.92 Å². The fraction of sp³-hybridized carbons (Fsp3) is 0.346. The number of amides is 5. The van der Waals surface area contributed by atoms with E-state index in [1.807, 2.05) is 6.92 Å². The lowest BCUT2D eigenvalue weighted by Crippen LogP contribution is -2.54. The molecule has 1 atom stereocenters. The Bertz CT molecular complexity index is 1440. The van der Waals surface area contributed by atoms with Crippen LogP contribution in [-0.2, 0) is 33.4 Å². The van der Waals surface area contributed by atoms with Crippen molar-refractivity contribution in [1.29, 1.82) is 0 Å². The second kappa shape index (κ2) is 12.4. The summed E-state index contributed by atoms with van der Waals surface area (Å²) in [4.78, 5) is 62.6. The molecule has 0 radical (unpaired) electrons. The lowest BCUT2D eigenvalue weighted by molar-refractivity contribution is -0.136. The molecule has 4 rings (SSSR count). The van der Waals surface area contributed by atoms with Gasteiger partial charge in [0.05, 0.1) is 35.8 Å². The van der Waals surface area contributed by atoms with E-state index in [2.05, 4.69) is 10.6 Å². The summed E-state index contributed by atoms with van der Waals surface area (Å²) in [5, 5.41) is 4.68. The average molecular weight is 574 g/mol. The predicted octanol–water partition coefficient (Wildman–Crippen LogP) is 0.313. The van der Waals surface area contributed by atoms with Crippen LogP contribution in [0.5, 0.6) is 5.75 Å². The van der Waals surface area contributed by atoms with Crippen molar-refractivity contribution in [1.82, 2.24) is 15.5 Å². The molecule has 212 valence electrons. The second-order valence-corrected chi connectivity index (χ2v) is 10.6. The van der Waals surface area contributed by atoms with E-state index in [9.17, 15) is 32.4 Å². The van der Waals surface area contributed by atoms with Crippen molar-refractivity contribution in [3.8, 4) is 5.75 Å². The molecule has 1 unspecified atom stereocenters. The molecule has 0 bridgehead atoms. The van der Waals surface area contributed by atoms with Gasteiger partial charge in [-0.15, -0.1) is 0 Å². The number of ether oxygens (including phenoxy) is 2. The molecule has 2 aromatic rings. The third-order valence-corrected chi connectivity index (χ3v) is 7.46. The number of nitrogens with one attached hydrogen (secondary N) is 2. The molecule has 2 aliphatic rings. The quantitative estimate of drug-likeness (QED) is 0.204. The number of nitrogens with zero attached hydrogens (tertiary/aromatic N) is 1. The van der Waals surface area contributed by atoms with Gasteiger partial charge in [-0.2, -0.15) is 8.42 Å². The van der Waals surface area contributed by atoms with E-state index >= 15 is 0 Å². The molecular formula is C26H27N3O10S. The van der Waals surface area contributed by atoms with Crippen molar-refractivity contribution in [2.24, 2.45) is 0 Å². The Morgan fingerprint density at radius 3 is 2.50 bits per heavy atom. The fourth-order valence-corrected chi connectivity index (χ4v) is 5.03. The highest BCUT2D eigenvalue weighted by atomic mass is 32.2. The number of piperidine rings is 1. The van der Waals surface area contributed by atoms with Crippen LogP contribution in [0.2, 0.25) is 0 Å². The number of carbonyl (C=O) groups is 5. The smallest absolute Gasteiger partial charge is 0.297 e. The molecule has 5 amide bonds. The summed E-state index contributed by atoms with van der Waals surface area (Å²) in [7, 11) is -3.89. The molecule has 0 aromatic heterocycles. The normalized spacial score (nSPS) is 17.0. The molecule has 2 aliphatic heterocycles. The number of fused-ring (bicyclic) bond motifs is 1. The molecule has 0 saturated carbocycles. The Morgan fingerprint density at radius 1 is 1.02 bits per heavy atom. The molecule has 14 heteroatoms. The van der Waals surface area contributed by atoms with Crippen LogP contribution >= 0.6 is 0 Å². The van der Waals surface area contributed by atoms with Gasteiger partial charge in [0.2, 0.25) is 11.8 Å². The zero-order valence-electron chi connectivity index (χ0n) is 21.5. The Balaban J connectivity index is 1.20. The standard InChI is InChI=1S/C26H27N3O10S/c1-16-5-7-17(8-6-16)40(35,36)39-14-13-37-12-11-27-22(31)15-38-20-4-2-3-18-23(20)26(34)29(25(18)33)19-9-10-21(30)28-24(19)32/h2-8,19H,9-15H2,1H3,(H,27,31)(H,28,30,32). The van der Waals surface area contributed by atoms with Gasteiger partial charge in [0.15, 0.2) is 6.61 Å². The van der Waals surface area contributed by atoms with Gasteiger partial charge >= 0.3 is 0 Å². The van der Waals surface area contributed by atoms with Crippen LogP contribution in [0.1, 0.15) is 39.1 Å². The van der Waals surface area contributed by atoms with Crippen LogP contribution in [0.25, 0.3) is 0 Å². The molecule has 0 spiro atoms. The molecule has 1 fully saturated rings. The minimum Gasteiger partial charge on any atom is -0.483 e. The van der Waals surface area contributed by atoms with Gasteiger partial charge in [-0.3, -0.25) is 38.4 Å². The Hall–Kier alpha value is -4.14. The van der Waals surface area contributed by atoms with Crippen LogP contribution in [0.15, 0.2) is 47.4 Å². The van der Waals surface area contributed by atoms with E-state index in [-0.39, 0.29) is 61.0 Å². The minimum absolute atomic E-state index is 0.00337. The SMILES string of the molecule is Cc1ccc(S(=O)(=O)OCCOCCNC(=O)COc2cccc3c2C(=O)N(C2CCC(=O)NC2=O)C3=O)cc1. The third kappa shape index (κ3) is 6.52. The Kier molecular flexibility index (Phi) is 8.92. The first-order valence-electron chi connectivity index (χ1n) is 12.4. The van der Waals surface area contributed by atoms with E-state index in [0.29, 0.717) is 0 Å². The zero-order chi connectivity index (χ0) is 28.9. The number of imide groups is 2. The van der Waals surface area contributed by atoms with Crippen LogP contribution in [0.3, 0.4) is 0 Å². The first-order valence-corrected chi connectivity index (χ1v) is 13.8. The largest absolute Gasteiger partial charge is 0.483 e. The van der Waals surface area contributed by atoms with Crippen LogP contribution in [0.4, 0.5) is 0 Å².